The second-order valence-electron chi connectivity index (χ2n) is 4.50. The summed E-state index contributed by atoms with van der Waals surface area (Å²) in [6.07, 6.45) is 1.34. The van der Waals surface area contributed by atoms with Gasteiger partial charge >= 0.3 is 134 Å². The number of anilines is 1. The molecule has 1 heterocycles. The average molecular weight is 380 g/mol. The Morgan fingerprint density at radius 1 is 1.26 bits per heavy atom. The van der Waals surface area contributed by atoms with Gasteiger partial charge in [0.05, 0.1) is 0 Å². The van der Waals surface area contributed by atoms with Gasteiger partial charge in [-0.1, -0.05) is 0 Å². The third kappa shape index (κ3) is 4.21. The van der Waals surface area contributed by atoms with Crippen LogP contribution in [0.15, 0.2) is 42.6 Å². The minimum absolute atomic E-state index is 0.101. The molecule has 0 radical (unpaired) electrons. The van der Waals surface area contributed by atoms with Crippen molar-refractivity contribution in [1.29, 1.82) is 0 Å². The topological polar surface area (TPSA) is 126 Å². The number of carbonyl (C=O) groups is 2. The van der Waals surface area contributed by atoms with Crippen molar-refractivity contribution >= 4 is 36.1 Å². The summed E-state index contributed by atoms with van der Waals surface area (Å²) in [6, 6.07) is 7.81. The summed E-state index contributed by atoms with van der Waals surface area (Å²) in [5.74, 6) is -1.79. The molecule has 0 aliphatic rings. The van der Waals surface area contributed by atoms with Crippen LogP contribution < -0.4 is 9.67 Å². The zero-order chi connectivity index (χ0) is 17.0. The monoisotopic (exact) mass is 380 g/mol. The standard InChI is InChI=1S/C14H13AsN2O6/c1-9(18)17-13-8-10(19)5-6-11(13)15(21,22)23-14(20)12-4-2-3-7-16-12/h2-8,19H,1H3,(H,17,18)(H,21,22). The molecule has 1 amide bonds. The van der Waals surface area contributed by atoms with E-state index in [1.165, 1.54) is 25.3 Å². The summed E-state index contributed by atoms with van der Waals surface area (Å²) in [5.41, 5.74) is -0.223. The number of phenols is 1. The van der Waals surface area contributed by atoms with Gasteiger partial charge in [-0.15, -0.1) is 0 Å². The summed E-state index contributed by atoms with van der Waals surface area (Å²) in [4.78, 5) is 26.8. The predicted molar refractivity (Wildman–Crippen MR) is 80.4 cm³/mol. The molecule has 1 aromatic carbocycles. The second-order valence-corrected chi connectivity index (χ2v) is 8.07. The van der Waals surface area contributed by atoms with Gasteiger partial charge in [0.1, 0.15) is 0 Å². The summed E-state index contributed by atoms with van der Waals surface area (Å²) in [5, 5.41) is 11.8. The minimum atomic E-state index is -5.32. The number of hydrogen-bond donors (Lipinski definition) is 3. The van der Waals surface area contributed by atoms with Crippen molar-refractivity contribution in [2.45, 2.75) is 6.92 Å². The van der Waals surface area contributed by atoms with Gasteiger partial charge in [-0.2, -0.15) is 0 Å². The second kappa shape index (κ2) is 6.68. The van der Waals surface area contributed by atoms with Crippen LogP contribution in [-0.4, -0.2) is 40.2 Å². The Hall–Kier alpha value is -2.57. The van der Waals surface area contributed by atoms with Gasteiger partial charge in [-0.05, 0) is 0 Å². The van der Waals surface area contributed by atoms with E-state index in [0.717, 1.165) is 18.2 Å². The third-order valence-corrected chi connectivity index (χ3v) is 5.64. The molecule has 1 atom stereocenters. The van der Waals surface area contributed by atoms with Crippen LogP contribution in [0.4, 0.5) is 5.69 Å². The molecule has 0 saturated carbocycles. The van der Waals surface area contributed by atoms with E-state index in [1.54, 1.807) is 6.07 Å². The molecule has 2 rings (SSSR count). The number of aromatic hydroxyl groups is 1. The predicted octanol–water partition coefficient (Wildman–Crippen LogP) is 0.171. The van der Waals surface area contributed by atoms with Gasteiger partial charge in [0.15, 0.2) is 0 Å². The Labute approximate surface area is 134 Å². The molecule has 1 aromatic heterocycles. The van der Waals surface area contributed by atoms with Crippen molar-refractivity contribution in [3.05, 3.63) is 48.3 Å². The molecule has 0 saturated heterocycles. The first kappa shape index (κ1) is 16.8. The van der Waals surface area contributed by atoms with Gasteiger partial charge < -0.3 is 0 Å². The van der Waals surface area contributed by atoms with Crippen molar-refractivity contribution in [1.82, 2.24) is 4.98 Å². The van der Waals surface area contributed by atoms with Crippen LogP contribution in [0.25, 0.3) is 0 Å². The molecular formula is C14H13AsN2O6. The quantitative estimate of drug-likeness (QED) is 0.646. The zero-order valence-electron chi connectivity index (χ0n) is 12.0. The third-order valence-electron chi connectivity index (χ3n) is 2.68. The van der Waals surface area contributed by atoms with Crippen LogP contribution in [0.1, 0.15) is 17.4 Å². The van der Waals surface area contributed by atoms with Crippen molar-refractivity contribution in [3.63, 3.8) is 0 Å². The number of nitrogens with zero attached hydrogens (tertiary/aromatic N) is 1. The molecule has 8 nitrogen and oxygen atoms in total. The van der Waals surface area contributed by atoms with Crippen molar-refractivity contribution in [2.24, 2.45) is 0 Å². The molecular weight excluding hydrogens is 367 g/mol. The van der Waals surface area contributed by atoms with Gasteiger partial charge in [0, 0.05) is 0 Å². The maximum atomic E-state index is 12.4. The van der Waals surface area contributed by atoms with Crippen LogP contribution in [0.2, 0.25) is 0 Å². The molecule has 3 N–H and O–H groups in total. The molecule has 120 valence electrons. The number of phenolic OH excluding ortho intramolecular Hbond substituents is 1. The normalized spacial score (nSPS) is 13.0. The Balaban J connectivity index is 2.34. The molecule has 0 spiro atoms. The van der Waals surface area contributed by atoms with E-state index in [9.17, 15) is 22.5 Å². The summed E-state index contributed by atoms with van der Waals surface area (Å²) < 4.78 is 27.0. The van der Waals surface area contributed by atoms with Crippen LogP contribution in [-0.2, 0) is 12.3 Å². The van der Waals surface area contributed by atoms with Crippen molar-refractivity contribution < 1.29 is 26.3 Å². The van der Waals surface area contributed by atoms with E-state index in [-0.39, 0.29) is 21.5 Å². The van der Waals surface area contributed by atoms with E-state index >= 15 is 0 Å². The molecule has 1 unspecified atom stereocenters. The number of pyridine rings is 1. The molecule has 0 fully saturated rings. The van der Waals surface area contributed by atoms with Crippen molar-refractivity contribution in [2.75, 3.05) is 5.32 Å². The van der Waals surface area contributed by atoms with Gasteiger partial charge in [0.2, 0.25) is 0 Å². The van der Waals surface area contributed by atoms with Crippen LogP contribution >= 0.6 is 0 Å². The first-order valence-electron chi connectivity index (χ1n) is 6.38. The van der Waals surface area contributed by atoms with Gasteiger partial charge in [0.25, 0.3) is 0 Å². The SMILES string of the molecule is CC(=O)Nc1cc(O)ccc1[As](=O)(O)OC(=O)c1ccccn1. The van der Waals surface area contributed by atoms with Gasteiger partial charge in [-0.3, -0.25) is 0 Å². The molecule has 0 bridgehead atoms. The fourth-order valence-electron chi connectivity index (χ4n) is 1.75. The molecule has 9 heteroatoms. The number of aromatic nitrogens is 1. The van der Waals surface area contributed by atoms with E-state index in [1.807, 2.05) is 0 Å². The maximum absolute atomic E-state index is 12.4. The Morgan fingerprint density at radius 2 is 2.00 bits per heavy atom. The molecule has 0 aliphatic heterocycles. The van der Waals surface area contributed by atoms with Crippen molar-refractivity contribution in [3.8, 4) is 5.75 Å². The summed E-state index contributed by atoms with van der Waals surface area (Å²) >= 11 is -5.32. The Morgan fingerprint density at radius 3 is 2.61 bits per heavy atom. The van der Waals surface area contributed by atoms with Crippen LogP contribution in [0, 0.1) is 0 Å². The first-order valence-corrected chi connectivity index (χ1v) is 9.69. The Bertz CT molecular complexity index is 793. The van der Waals surface area contributed by atoms with Crippen LogP contribution in [0.5, 0.6) is 5.75 Å². The number of nitrogens with one attached hydrogen (secondary N) is 1. The number of amides is 1. The molecule has 0 aliphatic carbocycles. The number of carbonyl (C=O) groups excluding carboxylic acids is 2. The number of hydrogen-bond acceptors (Lipinski definition) is 6. The summed E-state index contributed by atoms with van der Waals surface area (Å²) in [7, 11) is 0. The van der Waals surface area contributed by atoms with Crippen LogP contribution in [0.3, 0.4) is 0 Å². The zero-order valence-corrected chi connectivity index (χ0v) is 13.8. The average Bonchev–Trinajstić information content (AvgIpc) is 2.46. The Kier molecular flexibility index (Phi) is 4.88. The number of rotatable bonds is 4. The fraction of sp³-hybridized carbons (Fsp3) is 0.0714. The molecule has 2 aromatic rings. The molecule has 23 heavy (non-hydrogen) atoms. The van der Waals surface area contributed by atoms with Gasteiger partial charge in [-0.25, -0.2) is 0 Å². The van der Waals surface area contributed by atoms with E-state index in [4.69, 9.17) is 3.73 Å². The number of benzene rings is 1. The van der Waals surface area contributed by atoms with E-state index in [2.05, 4.69) is 10.3 Å². The van der Waals surface area contributed by atoms with E-state index in [0.29, 0.717) is 0 Å². The summed E-state index contributed by atoms with van der Waals surface area (Å²) in [6.45, 7) is 1.20. The van der Waals surface area contributed by atoms with E-state index < -0.39 is 26.0 Å². The first-order chi connectivity index (χ1) is 10.8. The fourth-order valence-corrected chi connectivity index (χ4v) is 4.07.